The lowest BCUT2D eigenvalue weighted by atomic mass is 10.0. The highest BCUT2D eigenvalue weighted by Crippen LogP contribution is 2.16. The summed E-state index contributed by atoms with van der Waals surface area (Å²) in [7, 11) is 0. The number of aryl methyl sites for hydroxylation is 1. The van der Waals surface area contributed by atoms with Gasteiger partial charge in [-0.05, 0) is 49.6 Å². The zero-order valence-electron chi connectivity index (χ0n) is 16.3. The van der Waals surface area contributed by atoms with E-state index in [9.17, 15) is 14.9 Å². The maximum Gasteiger partial charge on any atom is 0.349 e. The molecular formula is C23H23NO4. The first-order valence-electron chi connectivity index (χ1n) is 9.17. The normalized spacial score (nSPS) is 12.0. The van der Waals surface area contributed by atoms with E-state index in [4.69, 9.17) is 9.47 Å². The summed E-state index contributed by atoms with van der Waals surface area (Å²) >= 11 is 0. The van der Waals surface area contributed by atoms with Gasteiger partial charge in [0.15, 0.2) is 6.10 Å². The Morgan fingerprint density at radius 1 is 1.07 bits per heavy atom. The molecule has 0 unspecified atom stereocenters. The molecule has 0 radical (unpaired) electrons. The fourth-order valence-corrected chi connectivity index (χ4v) is 2.55. The molecule has 1 atom stereocenters. The largest absolute Gasteiger partial charge is 0.494 e. The first-order chi connectivity index (χ1) is 13.5. The van der Waals surface area contributed by atoms with E-state index in [0.29, 0.717) is 23.5 Å². The Labute approximate surface area is 165 Å². The average Bonchev–Trinajstić information content (AvgIpc) is 2.72. The van der Waals surface area contributed by atoms with E-state index >= 15 is 0 Å². The smallest absolute Gasteiger partial charge is 0.349 e. The van der Waals surface area contributed by atoms with Crippen LogP contribution in [0.15, 0.2) is 54.1 Å². The van der Waals surface area contributed by atoms with Crippen LogP contribution in [0.5, 0.6) is 5.75 Å². The Bertz CT molecular complexity index is 890. The molecule has 0 aliphatic rings. The Morgan fingerprint density at radius 3 is 2.25 bits per heavy atom. The summed E-state index contributed by atoms with van der Waals surface area (Å²) in [6.45, 7) is 5.97. The maximum atomic E-state index is 12.5. The molecule has 5 heteroatoms. The first kappa shape index (κ1) is 20.9. The maximum absolute atomic E-state index is 12.5. The molecule has 0 aliphatic heterocycles. The number of ketones is 1. The van der Waals surface area contributed by atoms with Crippen molar-refractivity contribution in [1.29, 1.82) is 5.26 Å². The summed E-state index contributed by atoms with van der Waals surface area (Å²) in [5.41, 5.74) is 2.06. The molecule has 0 aromatic heterocycles. The Kier molecular flexibility index (Phi) is 7.53. The van der Waals surface area contributed by atoms with Gasteiger partial charge in [-0.15, -0.1) is 0 Å². The van der Waals surface area contributed by atoms with Gasteiger partial charge in [-0.1, -0.05) is 43.3 Å². The standard InChI is InChI=1S/C23H23NO4/c1-4-17-6-10-19(11-7-17)22(25)16(3)28-23(26)20(15-24)14-18-8-12-21(13-9-18)27-5-2/h6-14,16H,4-5H2,1-3H3/b20-14+/t16-/m1/s1. The third kappa shape index (κ3) is 5.55. The third-order valence-electron chi connectivity index (χ3n) is 4.14. The second-order valence-electron chi connectivity index (χ2n) is 6.13. The Hall–Kier alpha value is -3.39. The van der Waals surface area contributed by atoms with Crippen LogP contribution in [0.25, 0.3) is 6.08 Å². The van der Waals surface area contributed by atoms with Gasteiger partial charge in [0.25, 0.3) is 0 Å². The molecule has 144 valence electrons. The highest BCUT2D eigenvalue weighted by atomic mass is 16.5. The van der Waals surface area contributed by atoms with Gasteiger partial charge in [-0.25, -0.2) is 4.79 Å². The predicted molar refractivity (Wildman–Crippen MR) is 107 cm³/mol. The van der Waals surface area contributed by atoms with Crippen LogP contribution in [-0.4, -0.2) is 24.5 Å². The van der Waals surface area contributed by atoms with E-state index in [2.05, 4.69) is 0 Å². The highest BCUT2D eigenvalue weighted by molar-refractivity contribution is 6.03. The van der Waals surface area contributed by atoms with Gasteiger partial charge in [0.2, 0.25) is 5.78 Å². The molecule has 0 saturated carbocycles. The third-order valence-corrected chi connectivity index (χ3v) is 4.14. The van der Waals surface area contributed by atoms with Crippen molar-refractivity contribution in [3.63, 3.8) is 0 Å². The minimum Gasteiger partial charge on any atom is -0.494 e. The molecule has 28 heavy (non-hydrogen) atoms. The van der Waals surface area contributed by atoms with Crippen LogP contribution in [0.2, 0.25) is 0 Å². The van der Waals surface area contributed by atoms with Crippen LogP contribution in [-0.2, 0) is 16.0 Å². The number of Topliss-reactive ketones (excluding diaryl/α,β-unsaturated/α-hetero) is 1. The fraction of sp³-hybridized carbons (Fsp3) is 0.261. The van der Waals surface area contributed by atoms with Crippen LogP contribution < -0.4 is 4.74 Å². The molecule has 5 nitrogen and oxygen atoms in total. The van der Waals surface area contributed by atoms with E-state index in [1.54, 1.807) is 36.4 Å². The van der Waals surface area contributed by atoms with Gasteiger partial charge in [0, 0.05) is 5.56 Å². The second-order valence-corrected chi connectivity index (χ2v) is 6.13. The molecule has 0 spiro atoms. The molecule has 2 rings (SSSR count). The van der Waals surface area contributed by atoms with Crippen LogP contribution in [0.3, 0.4) is 0 Å². The summed E-state index contributed by atoms with van der Waals surface area (Å²) in [5.74, 6) is -0.439. The summed E-state index contributed by atoms with van der Waals surface area (Å²) in [6.07, 6.45) is 1.31. The lowest BCUT2D eigenvalue weighted by Gasteiger charge is -2.12. The van der Waals surface area contributed by atoms with E-state index < -0.39 is 12.1 Å². The predicted octanol–water partition coefficient (Wildman–Crippen LogP) is 4.37. The monoisotopic (exact) mass is 377 g/mol. The van der Waals surface area contributed by atoms with E-state index in [1.807, 2.05) is 32.0 Å². The molecule has 0 bridgehead atoms. The second kappa shape index (κ2) is 10.1. The first-order valence-corrected chi connectivity index (χ1v) is 9.17. The zero-order valence-corrected chi connectivity index (χ0v) is 16.3. The molecule has 2 aromatic rings. The SMILES string of the molecule is CCOc1ccc(/C=C(\C#N)C(=O)O[C@H](C)C(=O)c2ccc(CC)cc2)cc1. The number of carbonyl (C=O) groups excluding carboxylic acids is 2. The number of hydrogen-bond acceptors (Lipinski definition) is 5. The minimum atomic E-state index is -0.989. The fourth-order valence-electron chi connectivity index (χ4n) is 2.55. The Morgan fingerprint density at radius 2 is 1.71 bits per heavy atom. The van der Waals surface area contributed by atoms with Crippen molar-refractivity contribution in [1.82, 2.24) is 0 Å². The number of carbonyl (C=O) groups is 2. The van der Waals surface area contributed by atoms with Crippen molar-refractivity contribution in [3.8, 4) is 11.8 Å². The molecule has 0 saturated heterocycles. The van der Waals surface area contributed by atoms with Gasteiger partial charge in [0.05, 0.1) is 6.61 Å². The van der Waals surface area contributed by atoms with E-state index in [1.165, 1.54) is 13.0 Å². The summed E-state index contributed by atoms with van der Waals surface area (Å²) in [6, 6.07) is 16.0. The zero-order chi connectivity index (χ0) is 20.5. The number of ether oxygens (including phenoxy) is 2. The van der Waals surface area contributed by atoms with Crippen LogP contribution in [0.1, 0.15) is 42.3 Å². The van der Waals surface area contributed by atoms with E-state index in [0.717, 1.165) is 12.0 Å². The topological polar surface area (TPSA) is 76.4 Å². The number of benzene rings is 2. The summed E-state index contributed by atoms with van der Waals surface area (Å²) < 4.78 is 10.6. The molecule has 0 heterocycles. The summed E-state index contributed by atoms with van der Waals surface area (Å²) in [4.78, 5) is 24.8. The van der Waals surface area contributed by atoms with Crippen molar-refractivity contribution in [2.45, 2.75) is 33.3 Å². The summed E-state index contributed by atoms with van der Waals surface area (Å²) in [5, 5.41) is 9.29. The van der Waals surface area contributed by atoms with Gasteiger partial charge < -0.3 is 9.47 Å². The Balaban J connectivity index is 2.07. The molecule has 2 aromatic carbocycles. The number of hydrogen-bond donors (Lipinski definition) is 0. The number of nitrogens with zero attached hydrogens (tertiary/aromatic N) is 1. The number of nitriles is 1. The van der Waals surface area contributed by atoms with Gasteiger partial charge in [0.1, 0.15) is 17.4 Å². The quantitative estimate of drug-likeness (QED) is 0.295. The van der Waals surface area contributed by atoms with Gasteiger partial charge in [-0.2, -0.15) is 5.26 Å². The van der Waals surface area contributed by atoms with Gasteiger partial charge in [-0.3, -0.25) is 4.79 Å². The number of rotatable bonds is 8. The molecule has 0 N–H and O–H groups in total. The van der Waals surface area contributed by atoms with Gasteiger partial charge >= 0.3 is 5.97 Å². The van der Waals surface area contributed by atoms with Crippen LogP contribution >= 0.6 is 0 Å². The van der Waals surface area contributed by atoms with E-state index in [-0.39, 0.29) is 11.4 Å². The minimum absolute atomic E-state index is 0.176. The lowest BCUT2D eigenvalue weighted by molar-refractivity contribution is -0.141. The van der Waals surface area contributed by atoms with Crippen LogP contribution in [0, 0.1) is 11.3 Å². The van der Waals surface area contributed by atoms with Crippen molar-refractivity contribution in [2.24, 2.45) is 0 Å². The average molecular weight is 377 g/mol. The van der Waals surface area contributed by atoms with Crippen molar-refractivity contribution >= 4 is 17.8 Å². The van der Waals surface area contributed by atoms with Crippen molar-refractivity contribution in [3.05, 3.63) is 70.8 Å². The molecular weight excluding hydrogens is 354 g/mol. The van der Waals surface area contributed by atoms with Crippen molar-refractivity contribution < 1.29 is 19.1 Å². The van der Waals surface area contributed by atoms with Crippen molar-refractivity contribution in [2.75, 3.05) is 6.61 Å². The number of esters is 1. The highest BCUT2D eigenvalue weighted by Gasteiger charge is 2.21. The molecule has 0 amide bonds. The molecule has 0 aliphatic carbocycles. The van der Waals surface area contributed by atoms with Crippen LogP contribution in [0.4, 0.5) is 0 Å². The lowest BCUT2D eigenvalue weighted by Crippen LogP contribution is -2.25. The molecule has 0 fully saturated rings.